The van der Waals surface area contributed by atoms with E-state index in [9.17, 15) is 18.1 Å². The summed E-state index contributed by atoms with van der Waals surface area (Å²) in [6.07, 6.45) is 6.30. The summed E-state index contributed by atoms with van der Waals surface area (Å²) in [6.45, 7) is 1.51. The Labute approximate surface area is 189 Å². The fourth-order valence-corrected chi connectivity index (χ4v) is 4.65. The fourth-order valence-electron chi connectivity index (χ4n) is 3.49. The van der Waals surface area contributed by atoms with E-state index in [-0.39, 0.29) is 48.1 Å². The number of hydrogen-bond acceptors (Lipinski definition) is 7. The molecular weight excluding hydrogens is 395 g/mol. The van der Waals surface area contributed by atoms with Crippen LogP contribution in [-0.2, 0) is 36.1 Å². The van der Waals surface area contributed by atoms with Crippen LogP contribution in [-0.4, -0.2) is 37.4 Å². The van der Waals surface area contributed by atoms with E-state index in [0.717, 1.165) is 24.8 Å². The molecule has 28 heavy (non-hydrogen) atoms. The van der Waals surface area contributed by atoms with E-state index in [2.05, 4.69) is 21.7 Å². The molecule has 1 aromatic carbocycles. The second-order valence-corrected chi connectivity index (χ2v) is 8.64. The molecule has 1 N–H and O–H groups in total. The zero-order valence-corrected chi connectivity index (χ0v) is 19.6. The Balaban J connectivity index is 0.00000392. The normalized spacial score (nSPS) is 23.5. The first kappa shape index (κ1) is 26.0. The molecule has 1 fully saturated rings. The molecule has 7 nitrogen and oxygen atoms in total. The quantitative estimate of drug-likeness (QED) is 0.257. The second kappa shape index (κ2) is 12.6. The first-order valence-electron chi connectivity index (χ1n) is 9.56. The zero-order chi connectivity index (χ0) is 19.8. The summed E-state index contributed by atoms with van der Waals surface area (Å²) in [5, 5.41) is 14.7. The van der Waals surface area contributed by atoms with Crippen LogP contribution in [0, 0.1) is 0 Å². The maximum atomic E-state index is 12.1. The van der Waals surface area contributed by atoms with Gasteiger partial charge in [-0.25, -0.2) is 18.2 Å². The van der Waals surface area contributed by atoms with Gasteiger partial charge in [0.15, 0.2) is 0 Å². The van der Waals surface area contributed by atoms with Crippen LogP contribution in [0.5, 0.6) is 0 Å². The summed E-state index contributed by atoms with van der Waals surface area (Å²) in [6, 6.07) is 6.84. The monoisotopic (exact) mass is 424 g/mol. The molecule has 0 spiro atoms. The molecule has 1 aliphatic rings. The predicted molar refractivity (Wildman–Crippen MR) is 98.5 cm³/mol. The Morgan fingerprint density at radius 3 is 2.39 bits per heavy atom. The van der Waals surface area contributed by atoms with E-state index in [1.807, 2.05) is 12.1 Å². The van der Waals surface area contributed by atoms with Crippen molar-refractivity contribution in [2.45, 2.75) is 69.1 Å². The van der Waals surface area contributed by atoms with Crippen molar-refractivity contribution in [1.82, 2.24) is 0 Å². The van der Waals surface area contributed by atoms with Crippen molar-refractivity contribution in [3.63, 3.8) is 0 Å². The Bertz CT molecular complexity index is 665. The smallest absolute Gasteiger partial charge is 0.747 e. The van der Waals surface area contributed by atoms with Gasteiger partial charge in [-0.15, -0.1) is 0 Å². The van der Waals surface area contributed by atoms with Gasteiger partial charge in [0.1, 0.15) is 27.6 Å². The van der Waals surface area contributed by atoms with Gasteiger partial charge in [0.25, 0.3) is 0 Å². The number of aliphatic hydroxyl groups excluding tert-OH is 1. The Morgan fingerprint density at radius 1 is 1.11 bits per heavy atom. The summed E-state index contributed by atoms with van der Waals surface area (Å²) in [4.78, 5) is 9.28. The van der Waals surface area contributed by atoms with Gasteiger partial charge in [-0.05, 0) is 30.4 Å². The van der Waals surface area contributed by atoms with E-state index in [0.29, 0.717) is 0 Å². The SMILES string of the molecule is CCCCCCCCc1ccc(C2(S(=O)(=O)[O-])CCOOOCC2O)cc1.[Na+]. The number of hydrogen-bond donors (Lipinski definition) is 1. The van der Waals surface area contributed by atoms with Crippen LogP contribution < -0.4 is 29.6 Å². The molecular formula is C19H29NaO7S. The Kier molecular flexibility index (Phi) is 11.7. The third kappa shape index (κ3) is 6.75. The number of benzene rings is 1. The average molecular weight is 424 g/mol. The molecule has 0 amide bonds. The molecule has 1 aromatic rings. The van der Waals surface area contributed by atoms with Crippen molar-refractivity contribution >= 4 is 10.1 Å². The fraction of sp³-hybridized carbons (Fsp3) is 0.684. The van der Waals surface area contributed by atoms with Gasteiger partial charge in [-0.2, -0.15) is 0 Å². The van der Waals surface area contributed by atoms with Gasteiger partial charge in [0.2, 0.25) is 0 Å². The molecule has 0 saturated carbocycles. The van der Waals surface area contributed by atoms with Crippen LogP contribution in [0.3, 0.4) is 0 Å². The van der Waals surface area contributed by atoms with Crippen LogP contribution >= 0.6 is 0 Å². The first-order chi connectivity index (χ1) is 12.9. The van der Waals surface area contributed by atoms with Crippen LogP contribution in [0.2, 0.25) is 0 Å². The number of aryl methyl sites for hydroxylation is 1. The van der Waals surface area contributed by atoms with Gasteiger partial charge in [-0.3, -0.25) is 0 Å². The predicted octanol–water partition coefficient (Wildman–Crippen LogP) is -0.0215. The van der Waals surface area contributed by atoms with Crippen molar-refractivity contribution in [2.24, 2.45) is 0 Å². The molecule has 154 valence electrons. The molecule has 0 aliphatic carbocycles. The minimum absolute atomic E-state index is 0. The topological polar surface area (TPSA) is 105 Å². The summed E-state index contributed by atoms with van der Waals surface area (Å²) < 4.78 is 34.3. The minimum atomic E-state index is -4.89. The van der Waals surface area contributed by atoms with E-state index in [1.54, 1.807) is 12.1 Å². The Hall–Kier alpha value is -0.0300. The van der Waals surface area contributed by atoms with Crippen molar-refractivity contribution in [3.8, 4) is 0 Å². The molecule has 9 heteroatoms. The minimum Gasteiger partial charge on any atom is -0.747 e. The molecule has 0 aromatic heterocycles. The van der Waals surface area contributed by atoms with Crippen LogP contribution in [0.4, 0.5) is 0 Å². The van der Waals surface area contributed by atoms with Gasteiger partial charge in [0.05, 0.1) is 6.61 Å². The van der Waals surface area contributed by atoms with Gasteiger partial charge in [0, 0.05) is 0 Å². The number of rotatable bonds is 9. The van der Waals surface area contributed by atoms with E-state index >= 15 is 0 Å². The molecule has 1 aliphatic heterocycles. The van der Waals surface area contributed by atoms with E-state index in [1.165, 1.54) is 25.7 Å². The standard InChI is InChI=1S/C19H30O7S.Na/c1-2-3-4-5-6-7-8-16-9-11-17(12-10-16)19(27(21,22)23)13-14-24-26-25-15-18(19)20;/h9-12,18,20H,2-8,13-15H2,1H3,(H,21,22,23);/q;+1/p-1. The van der Waals surface area contributed by atoms with Crippen LogP contribution in [0.15, 0.2) is 24.3 Å². The largest absolute Gasteiger partial charge is 1.00 e. The van der Waals surface area contributed by atoms with Crippen molar-refractivity contribution < 1.29 is 62.4 Å². The number of aliphatic hydroxyl groups is 1. The summed E-state index contributed by atoms with van der Waals surface area (Å²) in [5.41, 5.74) is 1.31. The van der Waals surface area contributed by atoms with E-state index < -0.39 is 27.6 Å². The van der Waals surface area contributed by atoms with Crippen LogP contribution in [0.1, 0.15) is 63.0 Å². The maximum Gasteiger partial charge on any atom is 1.00 e. The summed E-state index contributed by atoms with van der Waals surface area (Å²) >= 11 is 0. The molecule has 2 rings (SSSR count). The molecule has 0 bridgehead atoms. The van der Waals surface area contributed by atoms with Gasteiger partial charge < -0.3 is 9.66 Å². The molecule has 1 heterocycles. The van der Waals surface area contributed by atoms with Gasteiger partial charge in [-0.1, -0.05) is 68.3 Å². The van der Waals surface area contributed by atoms with Crippen molar-refractivity contribution in [3.05, 3.63) is 35.4 Å². The number of unbranched alkanes of at least 4 members (excludes halogenated alkanes) is 5. The molecule has 2 unspecified atom stereocenters. The summed E-state index contributed by atoms with van der Waals surface area (Å²) in [5.74, 6) is 0. The van der Waals surface area contributed by atoms with E-state index in [4.69, 9.17) is 0 Å². The van der Waals surface area contributed by atoms with Crippen molar-refractivity contribution in [2.75, 3.05) is 13.2 Å². The third-order valence-electron chi connectivity index (χ3n) is 5.12. The third-order valence-corrected chi connectivity index (χ3v) is 6.73. The maximum absolute atomic E-state index is 12.1. The zero-order valence-electron chi connectivity index (χ0n) is 16.8. The molecule has 0 radical (unpaired) electrons. The molecule has 2 atom stereocenters. The van der Waals surface area contributed by atoms with Crippen molar-refractivity contribution in [1.29, 1.82) is 0 Å². The molecule has 1 saturated heterocycles. The Morgan fingerprint density at radius 2 is 1.75 bits per heavy atom. The van der Waals surface area contributed by atoms with Gasteiger partial charge >= 0.3 is 29.6 Å². The summed E-state index contributed by atoms with van der Waals surface area (Å²) in [7, 11) is -4.89. The van der Waals surface area contributed by atoms with Crippen LogP contribution in [0.25, 0.3) is 0 Å². The first-order valence-corrected chi connectivity index (χ1v) is 11.0. The second-order valence-electron chi connectivity index (χ2n) is 7.00. The average Bonchev–Trinajstić information content (AvgIpc) is 2.61.